The third-order valence-electron chi connectivity index (χ3n) is 3.37. The molecule has 0 saturated carbocycles. The first-order chi connectivity index (χ1) is 9.65. The maximum Gasteiger partial charge on any atom is 0.151 e. The number of aromatic nitrogens is 3. The number of rotatable bonds is 2. The fraction of sp³-hybridized carbons (Fsp3) is 0.188. The van der Waals surface area contributed by atoms with Crippen LogP contribution in [0.1, 0.15) is 24.1 Å². The molecule has 0 fully saturated rings. The molecule has 0 N–H and O–H groups in total. The van der Waals surface area contributed by atoms with E-state index in [4.69, 9.17) is 0 Å². The highest BCUT2D eigenvalue weighted by Gasteiger charge is 2.05. The molecule has 0 aliphatic rings. The van der Waals surface area contributed by atoms with Gasteiger partial charge >= 0.3 is 0 Å². The van der Waals surface area contributed by atoms with Crippen molar-refractivity contribution in [3.8, 4) is 0 Å². The van der Waals surface area contributed by atoms with Crippen LogP contribution in [0.3, 0.4) is 0 Å². The van der Waals surface area contributed by atoms with Gasteiger partial charge in [0, 0.05) is 0 Å². The van der Waals surface area contributed by atoms with Gasteiger partial charge in [-0.05, 0) is 43.2 Å². The van der Waals surface area contributed by atoms with Gasteiger partial charge in [0.1, 0.15) is 0 Å². The van der Waals surface area contributed by atoms with Gasteiger partial charge in [0.25, 0.3) is 0 Å². The maximum absolute atomic E-state index is 4.60. The molecule has 0 radical (unpaired) electrons. The maximum atomic E-state index is 4.60. The monoisotopic (exact) mass is 264 g/mol. The molecule has 1 heterocycles. The van der Waals surface area contributed by atoms with Crippen molar-refractivity contribution in [3.63, 3.8) is 0 Å². The molecule has 0 aliphatic carbocycles. The number of hydrogen-bond donors (Lipinski definition) is 0. The highest BCUT2D eigenvalue weighted by Crippen LogP contribution is 2.16. The van der Waals surface area contributed by atoms with Gasteiger partial charge in [0.15, 0.2) is 11.6 Å². The summed E-state index contributed by atoms with van der Waals surface area (Å²) in [5.74, 6) is 1.59. The van der Waals surface area contributed by atoms with Crippen molar-refractivity contribution in [3.05, 3.63) is 59.7 Å². The molecule has 0 atom stereocenters. The van der Waals surface area contributed by atoms with Crippen molar-refractivity contribution < 1.29 is 0 Å². The zero-order valence-electron chi connectivity index (χ0n) is 11.8. The Balaban J connectivity index is 2.06. The summed E-state index contributed by atoms with van der Waals surface area (Å²) in [6.45, 7) is 5.80. The largest absolute Gasteiger partial charge is 0.202 e. The zero-order chi connectivity index (χ0) is 14.1. The molecule has 0 bridgehead atoms. The summed E-state index contributed by atoms with van der Waals surface area (Å²) in [7, 11) is 0. The number of benzene rings is 2. The van der Waals surface area contributed by atoms with E-state index in [1.165, 1.54) is 10.8 Å². The van der Waals surface area contributed by atoms with Gasteiger partial charge in [-0.25, -0.2) is 4.68 Å². The third-order valence-corrected chi connectivity index (χ3v) is 3.37. The van der Waals surface area contributed by atoms with Crippen LogP contribution in [-0.4, -0.2) is 20.6 Å². The summed E-state index contributed by atoms with van der Waals surface area (Å²) < 4.78 is 1.77. The lowest BCUT2D eigenvalue weighted by Crippen LogP contribution is -2.02. The molecule has 1 aromatic heterocycles. The lowest BCUT2D eigenvalue weighted by atomic mass is 10.0. The summed E-state index contributed by atoms with van der Waals surface area (Å²) in [5, 5.41) is 15.1. The van der Waals surface area contributed by atoms with Crippen LogP contribution in [0.15, 0.2) is 47.6 Å². The van der Waals surface area contributed by atoms with Crippen molar-refractivity contribution in [1.82, 2.24) is 14.9 Å². The Morgan fingerprint density at radius 3 is 2.30 bits per heavy atom. The minimum absolute atomic E-state index is 0.794. The molecule has 20 heavy (non-hydrogen) atoms. The molecule has 2 aromatic carbocycles. The summed E-state index contributed by atoms with van der Waals surface area (Å²) in [6.07, 6.45) is 0. The lowest BCUT2D eigenvalue weighted by molar-refractivity contribution is 0.793. The van der Waals surface area contributed by atoms with Gasteiger partial charge in [-0.15, -0.1) is 10.2 Å². The van der Waals surface area contributed by atoms with Crippen LogP contribution in [0.5, 0.6) is 0 Å². The molecule has 3 aromatic rings. The summed E-state index contributed by atoms with van der Waals surface area (Å²) in [6, 6.07) is 14.7. The van der Waals surface area contributed by atoms with Crippen molar-refractivity contribution in [1.29, 1.82) is 0 Å². The minimum atomic E-state index is 0.794. The Morgan fingerprint density at radius 1 is 0.950 bits per heavy atom. The van der Waals surface area contributed by atoms with Crippen molar-refractivity contribution in [2.24, 2.45) is 5.10 Å². The normalized spacial score (nSPS) is 12.1. The van der Waals surface area contributed by atoms with E-state index in [2.05, 4.69) is 45.6 Å². The van der Waals surface area contributed by atoms with Gasteiger partial charge < -0.3 is 0 Å². The van der Waals surface area contributed by atoms with Gasteiger partial charge in [0.2, 0.25) is 0 Å². The first kappa shape index (κ1) is 12.5. The Morgan fingerprint density at radius 2 is 1.60 bits per heavy atom. The average molecular weight is 264 g/mol. The standard InChI is InChI=1S/C16H16N4/c1-11(19-20-12(2)17-18-13(20)3)15-9-8-14-6-4-5-7-16(14)10-15/h4-10H,1-3H3/b19-11+. The van der Waals surface area contributed by atoms with Crippen LogP contribution in [0, 0.1) is 13.8 Å². The fourth-order valence-corrected chi connectivity index (χ4v) is 2.23. The van der Waals surface area contributed by atoms with Crippen LogP contribution < -0.4 is 0 Å². The van der Waals surface area contributed by atoms with Crippen LogP contribution in [0.2, 0.25) is 0 Å². The summed E-state index contributed by atoms with van der Waals surface area (Å²) in [4.78, 5) is 0. The van der Waals surface area contributed by atoms with Crippen LogP contribution in [0.25, 0.3) is 10.8 Å². The fourth-order valence-electron chi connectivity index (χ4n) is 2.23. The van der Waals surface area contributed by atoms with Crippen molar-refractivity contribution in [2.75, 3.05) is 0 Å². The third kappa shape index (κ3) is 2.20. The molecule has 4 heteroatoms. The number of hydrogen-bond acceptors (Lipinski definition) is 3. The first-order valence-corrected chi connectivity index (χ1v) is 6.58. The second-order valence-electron chi connectivity index (χ2n) is 4.85. The number of nitrogens with zero attached hydrogens (tertiary/aromatic N) is 4. The van der Waals surface area contributed by atoms with E-state index in [1.807, 2.05) is 32.9 Å². The lowest BCUT2D eigenvalue weighted by Gasteiger charge is -2.05. The van der Waals surface area contributed by atoms with E-state index in [0.29, 0.717) is 0 Å². The van der Waals surface area contributed by atoms with Crippen LogP contribution in [0.4, 0.5) is 0 Å². The Labute approximate surface area is 117 Å². The minimum Gasteiger partial charge on any atom is -0.202 e. The summed E-state index contributed by atoms with van der Waals surface area (Å²) in [5.41, 5.74) is 2.05. The molecule has 0 aliphatic heterocycles. The molecule has 4 nitrogen and oxygen atoms in total. The summed E-state index contributed by atoms with van der Waals surface area (Å²) >= 11 is 0. The Hall–Kier alpha value is -2.49. The van der Waals surface area contributed by atoms with Crippen molar-refractivity contribution >= 4 is 16.5 Å². The van der Waals surface area contributed by atoms with E-state index >= 15 is 0 Å². The molecule has 100 valence electrons. The first-order valence-electron chi connectivity index (χ1n) is 6.58. The molecule has 3 rings (SSSR count). The number of fused-ring (bicyclic) bond motifs is 1. The number of aryl methyl sites for hydroxylation is 2. The SMILES string of the molecule is C/C(=N\n1c(C)nnc1C)c1ccc2ccccc2c1. The van der Waals surface area contributed by atoms with Gasteiger partial charge in [-0.3, -0.25) is 0 Å². The van der Waals surface area contributed by atoms with E-state index in [0.717, 1.165) is 22.9 Å². The molecular weight excluding hydrogens is 248 g/mol. The molecule has 0 saturated heterocycles. The highest BCUT2D eigenvalue weighted by molar-refractivity contribution is 6.01. The Bertz CT molecular complexity index is 780. The van der Waals surface area contributed by atoms with E-state index in [9.17, 15) is 0 Å². The topological polar surface area (TPSA) is 43.1 Å². The van der Waals surface area contributed by atoms with Crippen LogP contribution >= 0.6 is 0 Å². The molecule has 0 spiro atoms. The predicted octanol–water partition coefficient (Wildman–Crippen LogP) is 3.32. The Kier molecular flexibility index (Phi) is 3.06. The molecule has 0 amide bonds. The van der Waals surface area contributed by atoms with Gasteiger partial charge in [0.05, 0.1) is 5.71 Å². The molecule has 0 unspecified atom stereocenters. The van der Waals surface area contributed by atoms with E-state index in [1.54, 1.807) is 4.68 Å². The predicted molar refractivity (Wildman–Crippen MR) is 81.1 cm³/mol. The van der Waals surface area contributed by atoms with Crippen molar-refractivity contribution in [2.45, 2.75) is 20.8 Å². The second-order valence-corrected chi connectivity index (χ2v) is 4.85. The smallest absolute Gasteiger partial charge is 0.151 e. The molecular formula is C16H16N4. The zero-order valence-corrected chi connectivity index (χ0v) is 11.8. The average Bonchev–Trinajstić information content (AvgIpc) is 2.78. The van der Waals surface area contributed by atoms with Gasteiger partial charge in [-0.1, -0.05) is 36.4 Å². The van der Waals surface area contributed by atoms with Crippen LogP contribution in [-0.2, 0) is 0 Å². The van der Waals surface area contributed by atoms with E-state index < -0.39 is 0 Å². The second kappa shape index (κ2) is 4.89. The quantitative estimate of drug-likeness (QED) is 0.666. The van der Waals surface area contributed by atoms with Gasteiger partial charge in [-0.2, -0.15) is 5.10 Å². The highest BCUT2D eigenvalue weighted by atomic mass is 15.4. The van der Waals surface area contributed by atoms with E-state index in [-0.39, 0.29) is 0 Å².